The van der Waals surface area contributed by atoms with Crippen LogP contribution >= 0.6 is 0 Å². The van der Waals surface area contributed by atoms with Gasteiger partial charge in [0.25, 0.3) is 5.91 Å². The molecule has 3 aromatic rings. The van der Waals surface area contributed by atoms with E-state index in [-0.39, 0.29) is 18.1 Å². The summed E-state index contributed by atoms with van der Waals surface area (Å²) in [5.74, 6) is -0.737. The zero-order valence-corrected chi connectivity index (χ0v) is 17.9. The van der Waals surface area contributed by atoms with Crippen molar-refractivity contribution < 1.29 is 28.6 Å². The van der Waals surface area contributed by atoms with Crippen molar-refractivity contribution in [3.63, 3.8) is 0 Å². The molecule has 0 aliphatic carbocycles. The predicted octanol–water partition coefficient (Wildman–Crippen LogP) is 4.63. The van der Waals surface area contributed by atoms with Gasteiger partial charge >= 0.3 is 11.9 Å². The number of amides is 1. The number of esters is 1. The SMILES string of the molecule is CCOC(=O)c1ccc(N2N=C(C)C(=Cc3ccc(-c4ccc(C(=O)O)cc4)o3)C2=O)cc1. The molecule has 8 nitrogen and oxygen atoms in total. The first-order chi connectivity index (χ1) is 15.9. The summed E-state index contributed by atoms with van der Waals surface area (Å²) in [5.41, 5.74) is 2.73. The molecule has 166 valence electrons. The molecule has 1 N–H and O–H groups in total. The van der Waals surface area contributed by atoms with Gasteiger partial charge in [-0.15, -0.1) is 0 Å². The third-order valence-corrected chi connectivity index (χ3v) is 5.02. The number of carbonyl (C=O) groups is 3. The molecule has 8 heteroatoms. The van der Waals surface area contributed by atoms with Crippen molar-refractivity contribution in [2.24, 2.45) is 5.10 Å². The van der Waals surface area contributed by atoms with Crippen molar-refractivity contribution in [1.82, 2.24) is 0 Å². The highest BCUT2D eigenvalue weighted by molar-refractivity contribution is 6.32. The number of rotatable bonds is 6. The number of hydrogen-bond donors (Lipinski definition) is 1. The number of carboxylic acid groups (broad SMARTS) is 1. The first-order valence-electron chi connectivity index (χ1n) is 10.2. The monoisotopic (exact) mass is 444 g/mol. The number of carbonyl (C=O) groups excluding carboxylic acids is 2. The van der Waals surface area contributed by atoms with Gasteiger partial charge in [-0.25, -0.2) is 9.59 Å². The Hall–Kier alpha value is -4.46. The fourth-order valence-electron chi connectivity index (χ4n) is 3.32. The van der Waals surface area contributed by atoms with Crippen LogP contribution < -0.4 is 5.01 Å². The van der Waals surface area contributed by atoms with E-state index in [9.17, 15) is 14.4 Å². The number of hydrazone groups is 1. The van der Waals surface area contributed by atoms with Crippen molar-refractivity contribution in [2.45, 2.75) is 13.8 Å². The molecular weight excluding hydrogens is 424 g/mol. The third-order valence-electron chi connectivity index (χ3n) is 5.02. The van der Waals surface area contributed by atoms with Crippen LogP contribution in [0.1, 0.15) is 40.3 Å². The average Bonchev–Trinajstić information content (AvgIpc) is 3.40. The van der Waals surface area contributed by atoms with Crippen molar-refractivity contribution >= 4 is 35.3 Å². The third kappa shape index (κ3) is 4.45. The van der Waals surface area contributed by atoms with Crippen molar-refractivity contribution in [3.05, 3.63) is 83.1 Å². The molecule has 33 heavy (non-hydrogen) atoms. The second kappa shape index (κ2) is 8.96. The molecule has 0 saturated heterocycles. The van der Waals surface area contributed by atoms with Gasteiger partial charge in [0.1, 0.15) is 11.5 Å². The van der Waals surface area contributed by atoms with Crippen LogP contribution in [-0.2, 0) is 9.53 Å². The molecular formula is C25H20N2O6. The Morgan fingerprint density at radius 2 is 1.70 bits per heavy atom. The summed E-state index contributed by atoms with van der Waals surface area (Å²) in [6.45, 7) is 3.74. The number of carboxylic acids is 1. The molecule has 0 fully saturated rings. The van der Waals surface area contributed by atoms with E-state index in [0.29, 0.717) is 34.1 Å². The largest absolute Gasteiger partial charge is 0.478 e. The molecule has 1 amide bonds. The topological polar surface area (TPSA) is 109 Å². The van der Waals surface area contributed by atoms with E-state index in [4.69, 9.17) is 14.3 Å². The van der Waals surface area contributed by atoms with Gasteiger partial charge in [0, 0.05) is 5.56 Å². The predicted molar refractivity (Wildman–Crippen MR) is 122 cm³/mol. The van der Waals surface area contributed by atoms with Gasteiger partial charge in [-0.2, -0.15) is 10.1 Å². The number of aromatic carboxylic acids is 1. The average molecular weight is 444 g/mol. The first-order valence-corrected chi connectivity index (χ1v) is 10.2. The van der Waals surface area contributed by atoms with Crippen molar-refractivity contribution in [1.29, 1.82) is 0 Å². The highest BCUT2D eigenvalue weighted by Crippen LogP contribution is 2.28. The van der Waals surface area contributed by atoms with Crippen LogP contribution in [0, 0.1) is 0 Å². The molecule has 0 atom stereocenters. The number of furan rings is 1. The Morgan fingerprint density at radius 3 is 2.33 bits per heavy atom. The van der Waals surface area contributed by atoms with Crippen LogP contribution in [0.2, 0.25) is 0 Å². The lowest BCUT2D eigenvalue weighted by Crippen LogP contribution is -2.21. The second-order valence-electron chi connectivity index (χ2n) is 7.21. The summed E-state index contributed by atoms with van der Waals surface area (Å²) in [6.07, 6.45) is 1.61. The van der Waals surface area contributed by atoms with Crippen LogP contribution in [0.4, 0.5) is 5.69 Å². The molecule has 1 aromatic heterocycles. The van der Waals surface area contributed by atoms with E-state index >= 15 is 0 Å². The lowest BCUT2D eigenvalue weighted by molar-refractivity contribution is -0.114. The summed E-state index contributed by atoms with van der Waals surface area (Å²) in [6, 6.07) is 16.2. The highest BCUT2D eigenvalue weighted by Gasteiger charge is 2.29. The number of benzene rings is 2. The van der Waals surface area contributed by atoms with E-state index in [2.05, 4.69) is 5.10 Å². The van der Waals surface area contributed by atoms with E-state index in [1.54, 1.807) is 68.5 Å². The summed E-state index contributed by atoms with van der Waals surface area (Å²) in [7, 11) is 0. The maximum absolute atomic E-state index is 13.0. The number of nitrogens with zero attached hydrogens (tertiary/aromatic N) is 2. The minimum Gasteiger partial charge on any atom is -0.478 e. The van der Waals surface area contributed by atoms with Gasteiger partial charge in [0.15, 0.2) is 0 Å². The van der Waals surface area contributed by atoms with Crippen LogP contribution in [0.25, 0.3) is 17.4 Å². The Kier molecular flexibility index (Phi) is 5.91. The lowest BCUT2D eigenvalue weighted by atomic mass is 10.1. The number of ether oxygens (including phenoxy) is 1. The lowest BCUT2D eigenvalue weighted by Gasteiger charge is -2.12. The molecule has 0 spiro atoms. The van der Waals surface area contributed by atoms with Crippen molar-refractivity contribution in [3.8, 4) is 11.3 Å². The summed E-state index contributed by atoms with van der Waals surface area (Å²) < 4.78 is 10.8. The highest BCUT2D eigenvalue weighted by atomic mass is 16.5. The van der Waals surface area contributed by atoms with Gasteiger partial charge < -0.3 is 14.3 Å². The van der Waals surface area contributed by atoms with E-state index in [1.807, 2.05) is 0 Å². The minimum absolute atomic E-state index is 0.186. The van der Waals surface area contributed by atoms with E-state index < -0.39 is 11.9 Å². The molecule has 1 aliphatic rings. The quantitative estimate of drug-likeness (QED) is 0.439. The fraction of sp³-hybridized carbons (Fsp3) is 0.120. The molecule has 1 aliphatic heterocycles. The summed E-state index contributed by atoms with van der Waals surface area (Å²) in [5, 5.41) is 14.6. The Morgan fingerprint density at radius 1 is 1.03 bits per heavy atom. The Labute approximate surface area is 189 Å². The molecule has 2 aromatic carbocycles. The summed E-state index contributed by atoms with van der Waals surface area (Å²) in [4.78, 5) is 35.8. The molecule has 0 radical (unpaired) electrons. The molecule has 2 heterocycles. The molecule has 0 saturated carbocycles. The van der Waals surface area contributed by atoms with Crippen molar-refractivity contribution in [2.75, 3.05) is 11.6 Å². The standard InChI is InChI=1S/C25H20N2O6/c1-3-32-25(31)18-8-10-19(11-9-18)27-23(28)21(15(2)26-27)14-20-12-13-22(33-20)16-4-6-17(7-5-16)24(29)30/h4-14H,3H2,1-2H3,(H,29,30). The summed E-state index contributed by atoms with van der Waals surface area (Å²) >= 11 is 0. The minimum atomic E-state index is -0.999. The van der Waals surface area contributed by atoms with Gasteiger partial charge in [-0.1, -0.05) is 12.1 Å². The molecule has 0 bridgehead atoms. The zero-order valence-electron chi connectivity index (χ0n) is 17.9. The van der Waals surface area contributed by atoms with Gasteiger partial charge in [-0.05, 0) is 68.5 Å². The first kappa shape index (κ1) is 21.8. The second-order valence-corrected chi connectivity index (χ2v) is 7.21. The van der Waals surface area contributed by atoms with Gasteiger partial charge in [0.2, 0.25) is 0 Å². The smallest absolute Gasteiger partial charge is 0.338 e. The van der Waals surface area contributed by atoms with Crippen LogP contribution in [0.15, 0.2) is 75.8 Å². The normalized spacial score (nSPS) is 14.5. The number of hydrogen-bond acceptors (Lipinski definition) is 6. The Balaban J connectivity index is 1.53. The Bertz CT molecular complexity index is 1280. The van der Waals surface area contributed by atoms with Gasteiger partial charge in [-0.3, -0.25) is 4.79 Å². The molecule has 0 unspecified atom stereocenters. The van der Waals surface area contributed by atoms with Crippen LogP contribution in [0.5, 0.6) is 0 Å². The zero-order chi connectivity index (χ0) is 23.5. The van der Waals surface area contributed by atoms with Crippen LogP contribution in [0.3, 0.4) is 0 Å². The maximum atomic E-state index is 13.0. The molecule has 4 rings (SSSR count). The number of anilines is 1. The van der Waals surface area contributed by atoms with Gasteiger partial charge in [0.05, 0.1) is 34.7 Å². The van der Waals surface area contributed by atoms with Crippen LogP contribution in [-0.4, -0.2) is 35.3 Å². The fourth-order valence-corrected chi connectivity index (χ4v) is 3.32. The van der Waals surface area contributed by atoms with E-state index in [0.717, 1.165) is 5.56 Å². The maximum Gasteiger partial charge on any atom is 0.338 e. The van der Waals surface area contributed by atoms with E-state index in [1.165, 1.54) is 17.1 Å².